The lowest BCUT2D eigenvalue weighted by molar-refractivity contribution is -0.129. The molecule has 3 rings (SSSR count). The van der Waals surface area contributed by atoms with Gasteiger partial charge in [0.1, 0.15) is 15.9 Å². The summed E-state index contributed by atoms with van der Waals surface area (Å²) in [7, 11) is -3.18. The summed E-state index contributed by atoms with van der Waals surface area (Å²) in [6.45, 7) is 2.94. The zero-order valence-corrected chi connectivity index (χ0v) is 15.4. The number of sulfone groups is 1. The molecule has 1 aromatic heterocycles. The van der Waals surface area contributed by atoms with Crippen LogP contribution in [0.25, 0.3) is 0 Å². The molecule has 2 aliphatic heterocycles. The molecule has 1 N–H and O–H groups in total. The predicted octanol–water partition coefficient (Wildman–Crippen LogP) is -1.09. The van der Waals surface area contributed by atoms with Crippen LogP contribution in [-0.2, 0) is 14.6 Å². The molecule has 3 heterocycles. The normalized spacial score (nSPS) is 22.0. The molecule has 2 saturated heterocycles. The topological polar surface area (TPSA) is 116 Å². The van der Waals surface area contributed by atoms with E-state index in [4.69, 9.17) is 0 Å². The molecule has 0 spiro atoms. The van der Waals surface area contributed by atoms with Crippen LogP contribution in [0.3, 0.4) is 0 Å². The number of carbonyl (C=O) groups excluding carboxylic acids is 2. The van der Waals surface area contributed by atoms with Crippen LogP contribution in [0.2, 0.25) is 0 Å². The number of carbonyl (C=O) groups is 2. The van der Waals surface area contributed by atoms with E-state index in [2.05, 4.69) is 20.2 Å². The van der Waals surface area contributed by atoms with Gasteiger partial charge in [0, 0.05) is 44.8 Å². The first kappa shape index (κ1) is 18.5. The number of rotatable bonds is 6. The van der Waals surface area contributed by atoms with Gasteiger partial charge in [-0.15, -0.1) is 0 Å². The smallest absolute Gasteiger partial charge is 0.325 e. The molecular weight excluding hydrogens is 360 g/mol. The molecule has 0 radical (unpaired) electrons. The molecule has 3 amide bonds. The Hall–Kier alpha value is -2.27. The minimum atomic E-state index is -3.18. The minimum Gasteiger partial charge on any atom is -0.338 e. The van der Waals surface area contributed by atoms with Crippen molar-refractivity contribution in [2.75, 3.05) is 49.8 Å². The van der Waals surface area contributed by atoms with Gasteiger partial charge < -0.3 is 10.2 Å². The van der Waals surface area contributed by atoms with Crippen LogP contribution in [0.15, 0.2) is 18.5 Å². The Labute approximate surface area is 152 Å². The van der Waals surface area contributed by atoms with Crippen molar-refractivity contribution >= 4 is 27.7 Å². The highest BCUT2D eigenvalue weighted by Crippen LogP contribution is 2.14. The van der Waals surface area contributed by atoms with Crippen molar-refractivity contribution < 1.29 is 18.0 Å². The number of aromatic nitrogens is 2. The molecule has 0 saturated carbocycles. The number of hydrogen-bond acceptors (Lipinski definition) is 8. The number of nitrogens with one attached hydrogen (secondary N) is 1. The number of imide groups is 1. The van der Waals surface area contributed by atoms with Crippen LogP contribution in [0, 0.1) is 0 Å². The van der Waals surface area contributed by atoms with E-state index in [0.717, 1.165) is 11.2 Å². The Balaban J connectivity index is 1.52. The third-order valence-electron chi connectivity index (χ3n) is 4.43. The molecular formula is C15H22N6O4S. The molecule has 0 bridgehead atoms. The summed E-state index contributed by atoms with van der Waals surface area (Å²) in [6.07, 6.45) is 4.60. The van der Waals surface area contributed by atoms with Gasteiger partial charge in [-0.2, -0.15) is 0 Å². The first-order valence-corrected chi connectivity index (χ1v) is 10.4. The Morgan fingerprint density at radius 3 is 2.42 bits per heavy atom. The number of anilines is 1. The number of urea groups is 1. The number of hydrogen-bond donors (Lipinski definition) is 1. The number of piperazine rings is 1. The van der Waals surface area contributed by atoms with Crippen LogP contribution in [0.5, 0.6) is 0 Å². The molecule has 142 valence electrons. The molecule has 2 aliphatic rings. The summed E-state index contributed by atoms with van der Waals surface area (Å²) in [5, 5.41) is 2.57. The second kappa shape index (κ2) is 7.54. The van der Waals surface area contributed by atoms with Gasteiger partial charge in [0.25, 0.3) is 5.91 Å². The monoisotopic (exact) mass is 382 g/mol. The van der Waals surface area contributed by atoms with E-state index in [9.17, 15) is 18.0 Å². The third kappa shape index (κ3) is 4.47. The van der Waals surface area contributed by atoms with Crippen molar-refractivity contribution in [1.82, 2.24) is 25.1 Å². The van der Waals surface area contributed by atoms with E-state index < -0.39 is 21.9 Å². The van der Waals surface area contributed by atoms with Crippen LogP contribution < -0.4 is 10.2 Å². The molecule has 11 heteroatoms. The maximum atomic E-state index is 12.4. The van der Waals surface area contributed by atoms with Gasteiger partial charge in [-0.1, -0.05) is 0 Å². The highest BCUT2D eigenvalue weighted by atomic mass is 32.2. The van der Waals surface area contributed by atoms with Crippen molar-refractivity contribution in [1.29, 1.82) is 0 Å². The maximum absolute atomic E-state index is 12.4. The van der Waals surface area contributed by atoms with Gasteiger partial charge in [0.05, 0.1) is 12.4 Å². The van der Waals surface area contributed by atoms with Gasteiger partial charge in [0.2, 0.25) is 5.95 Å². The first-order chi connectivity index (χ1) is 12.3. The van der Waals surface area contributed by atoms with Crippen molar-refractivity contribution in [3.8, 4) is 0 Å². The second-order valence-corrected chi connectivity index (χ2v) is 8.74. The van der Waals surface area contributed by atoms with E-state index in [1.165, 1.54) is 0 Å². The standard InChI is InChI=1S/C15H22N6O4S/c1-26(24,25)10-3-12-13(22)21(15(23)18-12)11-19-6-8-20(9-7-19)14-16-4-2-5-17-14/h2,4-5,12H,3,6-11H2,1H3,(H,18,23)/t12-/m0/s1. The van der Waals surface area contributed by atoms with Gasteiger partial charge in [-0.25, -0.2) is 28.1 Å². The van der Waals surface area contributed by atoms with Crippen molar-refractivity contribution in [3.63, 3.8) is 0 Å². The van der Waals surface area contributed by atoms with E-state index in [0.29, 0.717) is 32.1 Å². The molecule has 1 aromatic rings. The zero-order valence-electron chi connectivity index (χ0n) is 14.5. The summed E-state index contributed by atoms with van der Waals surface area (Å²) in [4.78, 5) is 38.1. The molecule has 2 fully saturated rings. The molecule has 0 unspecified atom stereocenters. The third-order valence-corrected chi connectivity index (χ3v) is 5.41. The maximum Gasteiger partial charge on any atom is 0.325 e. The average Bonchev–Trinajstić information content (AvgIpc) is 2.88. The van der Waals surface area contributed by atoms with Crippen LogP contribution in [-0.4, -0.2) is 91.0 Å². The molecule has 26 heavy (non-hydrogen) atoms. The SMILES string of the molecule is CS(=O)(=O)CC[C@@H]1NC(=O)N(CN2CCN(c3ncccn3)CC2)C1=O. The average molecular weight is 382 g/mol. The predicted molar refractivity (Wildman–Crippen MR) is 94.2 cm³/mol. The van der Waals surface area contributed by atoms with Crippen molar-refractivity contribution in [2.24, 2.45) is 0 Å². The molecule has 10 nitrogen and oxygen atoms in total. The molecule has 0 aliphatic carbocycles. The Morgan fingerprint density at radius 2 is 1.81 bits per heavy atom. The summed E-state index contributed by atoms with van der Waals surface area (Å²) < 4.78 is 22.5. The van der Waals surface area contributed by atoms with Crippen LogP contribution in [0.4, 0.5) is 10.7 Å². The summed E-state index contributed by atoms with van der Waals surface area (Å²) in [5.41, 5.74) is 0. The molecule has 0 aromatic carbocycles. The highest BCUT2D eigenvalue weighted by Gasteiger charge is 2.39. The van der Waals surface area contributed by atoms with Crippen molar-refractivity contribution in [2.45, 2.75) is 12.5 Å². The van der Waals surface area contributed by atoms with Crippen molar-refractivity contribution in [3.05, 3.63) is 18.5 Å². The largest absolute Gasteiger partial charge is 0.338 e. The lowest BCUT2D eigenvalue weighted by atomic mass is 10.2. The number of amides is 3. The quantitative estimate of drug-likeness (QED) is 0.617. The van der Waals surface area contributed by atoms with Gasteiger partial charge >= 0.3 is 6.03 Å². The summed E-state index contributed by atoms with van der Waals surface area (Å²) in [6, 6.07) is 0.524. The Kier molecular flexibility index (Phi) is 5.37. The number of nitrogens with zero attached hydrogens (tertiary/aromatic N) is 5. The van der Waals surface area contributed by atoms with Crippen LogP contribution >= 0.6 is 0 Å². The summed E-state index contributed by atoms with van der Waals surface area (Å²) >= 11 is 0. The van der Waals surface area contributed by atoms with E-state index in [1.807, 2.05) is 4.90 Å². The summed E-state index contributed by atoms with van der Waals surface area (Å²) in [5.74, 6) is 0.170. The lowest BCUT2D eigenvalue weighted by Crippen LogP contribution is -2.51. The first-order valence-electron chi connectivity index (χ1n) is 8.37. The Morgan fingerprint density at radius 1 is 1.15 bits per heavy atom. The van der Waals surface area contributed by atoms with E-state index >= 15 is 0 Å². The second-order valence-electron chi connectivity index (χ2n) is 6.48. The highest BCUT2D eigenvalue weighted by molar-refractivity contribution is 7.90. The lowest BCUT2D eigenvalue weighted by Gasteiger charge is -2.35. The van der Waals surface area contributed by atoms with E-state index in [1.54, 1.807) is 18.5 Å². The minimum absolute atomic E-state index is 0.0963. The fourth-order valence-electron chi connectivity index (χ4n) is 2.98. The van der Waals surface area contributed by atoms with Gasteiger partial charge in [0.15, 0.2) is 0 Å². The van der Waals surface area contributed by atoms with Gasteiger partial charge in [-0.3, -0.25) is 9.69 Å². The Bertz CT molecular complexity index is 764. The van der Waals surface area contributed by atoms with Crippen LogP contribution in [0.1, 0.15) is 6.42 Å². The fourth-order valence-corrected chi connectivity index (χ4v) is 3.65. The van der Waals surface area contributed by atoms with E-state index in [-0.39, 0.29) is 24.7 Å². The van der Waals surface area contributed by atoms with Gasteiger partial charge in [-0.05, 0) is 12.5 Å². The fraction of sp³-hybridized carbons (Fsp3) is 0.600. The zero-order chi connectivity index (χ0) is 18.7. The molecule has 1 atom stereocenters.